The Kier molecular flexibility index (Phi) is 3.64. The van der Waals surface area contributed by atoms with Gasteiger partial charge in [0.05, 0.1) is 16.3 Å². The van der Waals surface area contributed by atoms with Gasteiger partial charge in [-0.15, -0.1) is 0 Å². The van der Waals surface area contributed by atoms with E-state index in [1.54, 1.807) is 49.5 Å². The van der Waals surface area contributed by atoms with Crippen molar-refractivity contribution in [2.75, 3.05) is 22.8 Å². The third kappa shape index (κ3) is 2.49. The third-order valence-electron chi connectivity index (χ3n) is 4.23. The molecule has 0 N–H and O–H groups in total. The van der Waals surface area contributed by atoms with Crippen LogP contribution in [0.2, 0.25) is 0 Å². The SMILES string of the molecule is Cc1ccc(S(=O)(=O)N2CC(=O)N(C)c3ccccc32)cc1C. The number of hydrogen-bond acceptors (Lipinski definition) is 3. The molecule has 1 aliphatic rings. The number of likely N-dealkylation sites (N-methyl/N-ethyl adjacent to an activating group) is 1. The summed E-state index contributed by atoms with van der Waals surface area (Å²) in [5, 5.41) is 0. The lowest BCUT2D eigenvalue weighted by atomic mass is 10.1. The predicted molar refractivity (Wildman–Crippen MR) is 90.3 cm³/mol. The molecule has 120 valence electrons. The minimum absolute atomic E-state index is 0.192. The maximum atomic E-state index is 13.0. The van der Waals surface area contributed by atoms with Gasteiger partial charge < -0.3 is 4.90 Å². The number of nitrogens with zero attached hydrogens (tertiary/aromatic N) is 2. The Bertz CT molecular complexity index is 890. The van der Waals surface area contributed by atoms with E-state index in [9.17, 15) is 13.2 Å². The lowest BCUT2D eigenvalue weighted by Gasteiger charge is -2.34. The Morgan fingerprint density at radius 3 is 2.26 bits per heavy atom. The molecule has 0 aliphatic carbocycles. The van der Waals surface area contributed by atoms with Crippen molar-refractivity contribution in [2.45, 2.75) is 18.7 Å². The minimum Gasteiger partial charge on any atom is -0.312 e. The molecule has 0 fully saturated rings. The molecule has 1 aliphatic heterocycles. The summed E-state index contributed by atoms with van der Waals surface area (Å²) >= 11 is 0. The lowest BCUT2D eigenvalue weighted by molar-refractivity contribution is -0.117. The van der Waals surface area contributed by atoms with E-state index in [1.807, 2.05) is 13.8 Å². The molecule has 0 unspecified atom stereocenters. The van der Waals surface area contributed by atoms with Crippen molar-refractivity contribution >= 4 is 27.3 Å². The van der Waals surface area contributed by atoms with Gasteiger partial charge in [0.2, 0.25) is 5.91 Å². The topological polar surface area (TPSA) is 57.7 Å². The van der Waals surface area contributed by atoms with Crippen LogP contribution in [0.1, 0.15) is 11.1 Å². The van der Waals surface area contributed by atoms with E-state index in [0.29, 0.717) is 11.4 Å². The Balaban J connectivity index is 2.15. The molecule has 2 aromatic carbocycles. The van der Waals surface area contributed by atoms with Gasteiger partial charge >= 0.3 is 0 Å². The molecular formula is C17H18N2O3S. The van der Waals surface area contributed by atoms with Crippen molar-refractivity contribution < 1.29 is 13.2 Å². The van der Waals surface area contributed by atoms with Gasteiger partial charge in [-0.2, -0.15) is 0 Å². The molecule has 3 rings (SSSR count). The summed E-state index contributed by atoms with van der Waals surface area (Å²) < 4.78 is 27.2. The van der Waals surface area contributed by atoms with E-state index in [1.165, 1.54) is 9.21 Å². The fourth-order valence-electron chi connectivity index (χ4n) is 2.62. The van der Waals surface area contributed by atoms with Gasteiger partial charge in [0.1, 0.15) is 6.54 Å². The number of amides is 1. The summed E-state index contributed by atoms with van der Waals surface area (Å²) in [6.45, 7) is 3.61. The van der Waals surface area contributed by atoms with E-state index in [2.05, 4.69) is 0 Å². The smallest absolute Gasteiger partial charge is 0.264 e. The number of para-hydroxylation sites is 2. The quantitative estimate of drug-likeness (QED) is 0.850. The maximum absolute atomic E-state index is 13.0. The van der Waals surface area contributed by atoms with Gasteiger partial charge in [-0.1, -0.05) is 18.2 Å². The van der Waals surface area contributed by atoms with Crippen molar-refractivity contribution in [3.63, 3.8) is 0 Å². The molecule has 0 aromatic heterocycles. The second-order valence-corrected chi connectivity index (χ2v) is 7.56. The number of aryl methyl sites for hydroxylation is 2. The Labute approximate surface area is 136 Å². The van der Waals surface area contributed by atoms with E-state index in [-0.39, 0.29) is 17.3 Å². The number of carbonyl (C=O) groups excluding carboxylic acids is 1. The first-order valence-corrected chi connectivity index (χ1v) is 8.72. The van der Waals surface area contributed by atoms with Crippen LogP contribution in [0.5, 0.6) is 0 Å². The molecule has 0 bridgehead atoms. The average molecular weight is 330 g/mol. The highest BCUT2D eigenvalue weighted by atomic mass is 32.2. The fourth-order valence-corrected chi connectivity index (χ4v) is 4.14. The number of hydrogen-bond donors (Lipinski definition) is 0. The van der Waals surface area contributed by atoms with Crippen LogP contribution in [0, 0.1) is 13.8 Å². The first-order chi connectivity index (χ1) is 10.8. The Morgan fingerprint density at radius 2 is 1.61 bits per heavy atom. The maximum Gasteiger partial charge on any atom is 0.264 e. The van der Waals surface area contributed by atoms with Crippen molar-refractivity contribution in [1.82, 2.24) is 0 Å². The van der Waals surface area contributed by atoms with Gasteiger partial charge in [-0.05, 0) is 49.2 Å². The molecule has 2 aromatic rings. The number of rotatable bonds is 2. The largest absolute Gasteiger partial charge is 0.312 e. The number of benzene rings is 2. The Hall–Kier alpha value is -2.34. The highest BCUT2D eigenvalue weighted by Gasteiger charge is 2.34. The van der Waals surface area contributed by atoms with Crippen LogP contribution in [-0.2, 0) is 14.8 Å². The van der Waals surface area contributed by atoms with Crippen LogP contribution in [0.25, 0.3) is 0 Å². The molecule has 1 heterocycles. The zero-order valence-corrected chi connectivity index (χ0v) is 14.1. The molecule has 0 saturated heterocycles. The molecule has 0 saturated carbocycles. The predicted octanol–water partition coefficient (Wildman–Crippen LogP) is 2.48. The number of carbonyl (C=O) groups is 1. The van der Waals surface area contributed by atoms with Gasteiger partial charge in [0, 0.05) is 7.05 Å². The van der Waals surface area contributed by atoms with Gasteiger partial charge in [-0.3, -0.25) is 9.10 Å². The van der Waals surface area contributed by atoms with Crippen molar-refractivity contribution in [3.8, 4) is 0 Å². The zero-order chi connectivity index (χ0) is 16.8. The normalized spacial score (nSPS) is 14.8. The highest BCUT2D eigenvalue weighted by molar-refractivity contribution is 7.92. The fraction of sp³-hybridized carbons (Fsp3) is 0.235. The van der Waals surface area contributed by atoms with E-state index in [4.69, 9.17) is 0 Å². The summed E-state index contributed by atoms with van der Waals surface area (Å²) in [7, 11) is -2.13. The summed E-state index contributed by atoms with van der Waals surface area (Å²) in [6.07, 6.45) is 0. The zero-order valence-electron chi connectivity index (χ0n) is 13.3. The summed E-state index contributed by atoms with van der Waals surface area (Å²) in [4.78, 5) is 13.9. The van der Waals surface area contributed by atoms with E-state index in [0.717, 1.165) is 11.1 Å². The van der Waals surface area contributed by atoms with Crippen LogP contribution in [-0.4, -0.2) is 27.9 Å². The monoisotopic (exact) mass is 330 g/mol. The van der Waals surface area contributed by atoms with Crippen LogP contribution >= 0.6 is 0 Å². The molecule has 5 nitrogen and oxygen atoms in total. The third-order valence-corrected chi connectivity index (χ3v) is 5.99. The first kappa shape index (κ1) is 15.6. The molecule has 0 radical (unpaired) electrons. The van der Waals surface area contributed by atoms with Crippen LogP contribution in [0.4, 0.5) is 11.4 Å². The van der Waals surface area contributed by atoms with Crippen molar-refractivity contribution in [3.05, 3.63) is 53.6 Å². The second kappa shape index (κ2) is 5.38. The number of anilines is 2. The van der Waals surface area contributed by atoms with Gasteiger partial charge in [0.15, 0.2) is 0 Å². The first-order valence-electron chi connectivity index (χ1n) is 7.28. The van der Waals surface area contributed by atoms with Crippen LogP contribution in [0.3, 0.4) is 0 Å². The van der Waals surface area contributed by atoms with Crippen molar-refractivity contribution in [2.24, 2.45) is 0 Å². The molecular weight excluding hydrogens is 312 g/mol. The highest BCUT2D eigenvalue weighted by Crippen LogP contribution is 2.36. The molecule has 0 spiro atoms. The molecule has 23 heavy (non-hydrogen) atoms. The number of fused-ring (bicyclic) bond motifs is 1. The molecule has 6 heteroatoms. The second-order valence-electron chi connectivity index (χ2n) is 5.70. The minimum atomic E-state index is -3.79. The van der Waals surface area contributed by atoms with Crippen LogP contribution in [0.15, 0.2) is 47.4 Å². The van der Waals surface area contributed by atoms with Crippen LogP contribution < -0.4 is 9.21 Å². The van der Waals surface area contributed by atoms with Gasteiger partial charge in [0.25, 0.3) is 10.0 Å². The summed E-state index contributed by atoms with van der Waals surface area (Å²) in [5.41, 5.74) is 3.04. The van der Waals surface area contributed by atoms with Crippen molar-refractivity contribution in [1.29, 1.82) is 0 Å². The Morgan fingerprint density at radius 1 is 0.957 bits per heavy atom. The number of sulfonamides is 1. The molecule has 1 amide bonds. The molecule has 0 atom stereocenters. The standard InChI is InChI=1S/C17H18N2O3S/c1-12-8-9-14(10-13(12)2)23(21,22)19-11-17(20)18(3)15-6-4-5-7-16(15)19/h4-10H,11H2,1-3H3. The van der Waals surface area contributed by atoms with Gasteiger partial charge in [-0.25, -0.2) is 8.42 Å². The summed E-state index contributed by atoms with van der Waals surface area (Å²) in [6, 6.07) is 12.0. The average Bonchev–Trinajstić information content (AvgIpc) is 2.53. The van der Waals surface area contributed by atoms with E-state index < -0.39 is 10.0 Å². The summed E-state index contributed by atoms with van der Waals surface area (Å²) in [5.74, 6) is -0.254. The van der Waals surface area contributed by atoms with E-state index >= 15 is 0 Å². The lowest BCUT2D eigenvalue weighted by Crippen LogP contribution is -2.46.